The minimum absolute atomic E-state index is 0.0713. The first-order valence-corrected chi connectivity index (χ1v) is 9.31. The Labute approximate surface area is 137 Å². The van der Waals surface area contributed by atoms with Gasteiger partial charge in [-0.15, -0.1) is 10.2 Å². The fourth-order valence-corrected chi connectivity index (χ4v) is 3.66. The van der Waals surface area contributed by atoms with Crippen molar-refractivity contribution in [1.29, 1.82) is 0 Å². The van der Waals surface area contributed by atoms with Crippen LogP contribution in [0.15, 0.2) is 5.16 Å². The Balaban J connectivity index is 1.94. The number of aryl methyl sites for hydroxylation is 1. The summed E-state index contributed by atoms with van der Waals surface area (Å²) in [5, 5.41) is 12.4. The van der Waals surface area contributed by atoms with Gasteiger partial charge in [0.1, 0.15) is 5.82 Å². The molecule has 1 fully saturated rings. The number of nitrogens with zero attached hydrogens (tertiary/aromatic N) is 3. The van der Waals surface area contributed by atoms with Crippen LogP contribution in [-0.2, 0) is 4.79 Å². The van der Waals surface area contributed by atoms with E-state index >= 15 is 0 Å². The molecule has 0 saturated heterocycles. The maximum atomic E-state index is 12.0. The van der Waals surface area contributed by atoms with Gasteiger partial charge in [-0.25, -0.2) is 0 Å². The average molecular weight is 324 g/mol. The standard InChI is InChI=1S/C16H28N4OS/c1-11(2)12(3)17-15(21)10-22-16-19-18-13(4)20(16)14-8-6-5-7-9-14/h11-12,14H,5-10H2,1-4H3,(H,17,21). The van der Waals surface area contributed by atoms with E-state index in [0.29, 0.717) is 17.7 Å². The first-order chi connectivity index (χ1) is 10.5. The molecule has 124 valence electrons. The van der Waals surface area contributed by atoms with Gasteiger partial charge in [-0.1, -0.05) is 44.9 Å². The lowest BCUT2D eigenvalue weighted by Gasteiger charge is -2.25. The molecule has 22 heavy (non-hydrogen) atoms. The fraction of sp³-hybridized carbons (Fsp3) is 0.812. The van der Waals surface area contributed by atoms with Gasteiger partial charge in [-0.05, 0) is 32.6 Å². The number of amides is 1. The molecular weight excluding hydrogens is 296 g/mol. The fourth-order valence-electron chi connectivity index (χ4n) is 2.80. The van der Waals surface area contributed by atoms with Crippen molar-refractivity contribution >= 4 is 17.7 Å². The summed E-state index contributed by atoms with van der Waals surface area (Å²) in [6, 6.07) is 0.704. The number of carbonyl (C=O) groups excluding carboxylic acids is 1. The van der Waals surface area contributed by atoms with Crippen LogP contribution < -0.4 is 5.32 Å². The summed E-state index contributed by atoms with van der Waals surface area (Å²) < 4.78 is 2.24. The molecule has 1 aromatic heterocycles. The second-order valence-corrected chi connectivity index (χ2v) is 7.52. The van der Waals surface area contributed by atoms with Gasteiger partial charge in [-0.3, -0.25) is 4.79 Å². The van der Waals surface area contributed by atoms with E-state index in [4.69, 9.17) is 0 Å². The predicted octanol–water partition coefficient (Wildman–Crippen LogP) is 3.34. The zero-order valence-corrected chi connectivity index (χ0v) is 14.9. The molecule has 0 radical (unpaired) electrons. The monoisotopic (exact) mass is 324 g/mol. The molecule has 0 aliphatic heterocycles. The van der Waals surface area contributed by atoms with Gasteiger partial charge in [0.05, 0.1) is 5.75 Å². The van der Waals surface area contributed by atoms with E-state index in [-0.39, 0.29) is 11.9 Å². The first-order valence-electron chi connectivity index (χ1n) is 8.32. The van der Waals surface area contributed by atoms with E-state index in [1.807, 2.05) is 13.8 Å². The van der Waals surface area contributed by atoms with E-state index in [1.165, 1.54) is 43.9 Å². The molecule has 1 atom stereocenters. The van der Waals surface area contributed by atoms with Crippen LogP contribution in [0, 0.1) is 12.8 Å². The zero-order valence-electron chi connectivity index (χ0n) is 14.1. The lowest BCUT2D eigenvalue weighted by atomic mass is 9.95. The molecule has 0 aromatic carbocycles. The van der Waals surface area contributed by atoms with Crippen LogP contribution in [0.3, 0.4) is 0 Å². The number of aromatic nitrogens is 3. The molecule has 1 aliphatic carbocycles. The minimum atomic E-state index is 0.0713. The third-order valence-corrected chi connectivity index (χ3v) is 5.44. The highest BCUT2D eigenvalue weighted by molar-refractivity contribution is 7.99. The Morgan fingerprint density at radius 1 is 1.27 bits per heavy atom. The Kier molecular flexibility index (Phi) is 6.29. The maximum Gasteiger partial charge on any atom is 0.230 e. The topological polar surface area (TPSA) is 59.8 Å². The highest BCUT2D eigenvalue weighted by Crippen LogP contribution is 2.32. The second kappa shape index (κ2) is 7.99. The van der Waals surface area contributed by atoms with Crippen molar-refractivity contribution in [3.63, 3.8) is 0 Å². The molecule has 1 aliphatic rings. The van der Waals surface area contributed by atoms with Gasteiger partial charge >= 0.3 is 0 Å². The van der Waals surface area contributed by atoms with Gasteiger partial charge in [0, 0.05) is 12.1 Å². The highest BCUT2D eigenvalue weighted by atomic mass is 32.2. The Hall–Kier alpha value is -1.04. The molecular formula is C16H28N4OS. The van der Waals surface area contributed by atoms with E-state index in [1.54, 1.807) is 0 Å². The van der Waals surface area contributed by atoms with Crippen LogP contribution in [0.4, 0.5) is 0 Å². The van der Waals surface area contributed by atoms with Crippen molar-refractivity contribution in [2.75, 3.05) is 5.75 Å². The SMILES string of the molecule is Cc1nnc(SCC(=O)NC(C)C(C)C)n1C1CCCCC1. The van der Waals surface area contributed by atoms with Gasteiger partial charge in [0.2, 0.25) is 5.91 Å². The number of thioether (sulfide) groups is 1. The summed E-state index contributed by atoms with van der Waals surface area (Å²) in [7, 11) is 0. The summed E-state index contributed by atoms with van der Waals surface area (Å²) >= 11 is 1.50. The van der Waals surface area contributed by atoms with Gasteiger partial charge in [0.15, 0.2) is 5.16 Å². The van der Waals surface area contributed by atoms with Crippen molar-refractivity contribution in [3.05, 3.63) is 5.82 Å². The molecule has 1 unspecified atom stereocenters. The minimum Gasteiger partial charge on any atom is -0.353 e. The highest BCUT2D eigenvalue weighted by Gasteiger charge is 2.22. The van der Waals surface area contributed by atoms with Crippen molar-refractivity contribution in [3.8, 4) is 0 Å². The Morgan fingerprint density at radius 3 is 2.59 bits per heavy atom. The average Bonchev–Trinajstić information content (AvgIpc) is 2.86. The molecule has 0 spiro atoms. The Morgan fingerprint density at radius 2 is 1.95 bits per heavy atom. The summed E-state index contributed by atoms with van der Waals surface area (Å²) in [6.07, 6.45) is 6.28. The third-order valence-electron chi connectivity index (χ3n) is 4.50. The van der Waals surface area contributed by atoms with Crippen LogP contribution in [0.5, 0.6) is 0 Å². The molecule has 1 aromatic rings. The van der Waals surface area contributed by atoms with Crippen molar-refractivity contribution in [2.45, 2.75) is 77.0 Å². The van der Waals surface area contributed by atoms with Gasteiger partial charge in [0.25, 0.3) is 0 Å². The van der Waals surface area contributed by atoms with Crippen LogP contribution in [-0.4, -0.2) is 32.5 Å². The quantitative estimate of drug-likeness (QED) is 0.815. The molecule has 1 heterocycles. The van der Waals surface area contributed by atoms with Crippen LogP contribution in [0.1, 0.15) is 64.7 Å². The molecule has 6 heteroatoms. The number of hydrogen-bond acceptors (Lipinski definition) is 4. The number of carbonyl (C=O) groups is 1. The smallest absolute Gasteiger partial charge is 0.230 e. The van der Waals surface area contributed by atoms with E-state index in [9.17, 15) is 4.79 Å². The third kappa shape index (κ3) is 4.48. The van der Waals surface area contributed by atoms with E-state index in [2.05, 4.69) is 33.9 Å². The number of hydrogen-bond donors (Lipinski definition) is 1. The van der Waals surface area contributed by atoms with E-state index < -0.39 is 0 Å². The summed E-state index contributed by atoms with van der Waals surface area (Å²) in [4.78, 5) is 12.0. The normalized spacial score (nSPS) is 17.7. The first kappa shape index (κ1) is 17.3. The van der Waals surface area contributed by atoms with Gasteiger partial charge in [-0.2, -0.15) is 0 Å². The van der Waals surface area contributed by atoms with Crippen LogP contribution in [0.25, 0.3) is 0 Å². The summed E-state index contributed by atoms with van der Waals surface area (Å²) in [5.74, 6) is 1.89. The maximum absolute atomic E-state index is 12.0. The molecule has 1 saturated carbocycles. The molecule has 2 rings (SSSR count). The van der Waals surface area contributed by atoms with Crippen molar-refractivity contribution in [1.82, 2.24) is 20.1 Å². The summed E-state index contributed by atoms with van der Waals surface area (Å²) in [6.45, 7) is 8.27. The molecule has 1 N–H and O–H groups in total. The molecule has 0 bridgehead atoms. The number of rotatable bonds is 6. The van der Waals surface area contributed by atoms with Crippen LogP contribution >= 0.6 is 11.8 Å². The lowest BCUT2D eigenvalue weighted by molar-refractivity contribution is -0.119. The zero-order chi connectivity index (χ0) is 16.1. The van der Waals surface area contributed by atoms with Crippen molar-refractivity contribution in [2.24, 2.45) is 5.92 Å². The Bertz CT molecular complexity index is 494. The van der Waals surface area contributed by atoms with Gasteiger partial charge < -0.3 is 9.88 Å². The number of nitrogens with one attached hydrogen (secondary N) is 1. The lowest BCUT2D eigenvalue weighted by Crippen LogP contribution is -2.37. The molecule has 1 amide bonds. The second-order valence-electron chi connectivity index (χ2n) is 6.58. The van der Waals surface area contributed by atoms with E-state index in [0.717, 1.165) is 11.0 Å². The largest absolute Gasteiger partial charge is 0.353 e. The van der Waals surface area contributed by atoms with Crippen LogP contribution in [0.2, 0.25) is 0 Å². The van der Waals surface area contributed by atoms with Crippen molar-refractivity contribution < 1.29 is 4.79 Å². The molecule has 5 nitrogen and oxygen atoms in total. The summed E-state index contributed by atoms with van der Waals surface area (Å²) in [5.41, 5.74) is 0. The predicted molar refractivity (Wildman–Crippen MR) is 90.0 cm³/mol.